The zero-order valence-electron chi connectivity index (χ0n) is 13.4. The van der Waals surface area contributed by atoms with E-state index in [2.05, 4.69) is 15.9 Å². The Morgan fingerprint density at radius 2 is 1.68 bits per heavy atom. The molecule has 0 saturated carbocycles. The fourth-order valence-corrected chi connectivity index (χ4v) is 2.76. The highest BCUT2D eigenvalue weighted by atomic mass is 79.9. The Bertz CT molecular complexity index is 764. The Morgan fingerprint density at radius 1 is 1.00 bits per heavy atom. The van der Waals surface area contributed by atoms with Crippen molar-refractivity contribution in [3.05, 3.63) is 59.0 Å². The molecule has 1 aliphatic rings. The fourth-order valence-electron chi connectivity index (χ4n) is 2.44. The third kappa shape index (κ3) is 4.73. The lowest BCUT2D eigenvalue weighted by Crippen LogP contribution is -2.51. The zero-order valence-corrected chi connectivity index (χ0v) is 15.0. The van der Waals surface area contributed by atoms with Crippen LogP contribution in [0.15, 0.2) is 57.6 Å². The maximum atomic E-state index is 12.2. The summed E-state index contributed by atoms with van der Waals surface area (Å²) in [5.74, 6) is 1.01. The van der Waals surface area contributed by atoms with Gasteiger partial charge in [-0.05, 0) is 46.3 Å². The Balaban J connectivity index is 1.48. The third-order valence-corrected chi connectivity index (χ3v) is 4.21. The maximum Gasteiger partial charge on any atom is 0.415 e. The molecule has 0 aliphatic carbocycles. The van der Waals surface area contributed by atoms with Gasteiger partial charge < -0.3 is 19.0 Å². The number of para-hydroxylation sites is 1. The summed E-state index contributed by atoms with van der Waals surface area (Å²) in [5.41, 5.74) is 0. The molecule has 2 heterocycles. The van der Waals surface area contributed by atoms with E-state index in [0.717, 1.165) is 0 Å². The van der Waals surface area contributed by atoms with Crippen LogP contribution in [0, 0.1) is 0 Å². The van der Waals surface area contributed by atoms with E-state index in [-0.39, 0.29) is 5.91 Å². The summed E-state index contributed by atoms with van der Waals surface area (Å²) in [5, 5.41) is 0. The Hall–Kier alpha value is -2.54. The number of halogens is 1. The number of furan rings is 1. The highest BCUT2D eigenvalue weighted by molar-refractivity contribution is 9.10. The molecule has 25 heavy (non-hydrogen) atoms. The summed E-state index contributed by atoms with van der Waals surface area (Å²) < 4.78 is 11.2. The van der Waals surface area contributed by atoms with Crippen LogP contribution >= 0.6 is 15.9 Å². The van der Waals surface area contributed by atoms with E-state index in [0.29, 0.717) is 42.4 Å². The SMILES string of the molecule is O=C(/C=C/c1ccc(Br)o1)N1CCN(C(=O)Oc2ccccc2)CC1. The Morgan fingerprint density at radius 3 is 2.32 bits per heavy atom. The average molecular weight is 405 g/mol. The predicted octanol–water partition coefficient (Wildman–Crippen LogP) is 3.40. The molecule has 1 aliphatic heterocycles. The lowest BCUT2D eigenvalue weighted by molar-refractivity contribution is -0.127. The van der Waals surface area contributed by atoms with Crippen molar-refractivity contribution in [1.29, 1.82) is 0 Å². The van der Waals surface area contributed by atoms with E-state index < -0.39 is 6.09 Å². The van der Waals surface area contributed by atoms with Gasteiger partial charge in [-0.3, -0.25) is 4.79 Å². The van der Waals surface area contributed by atoms with Crippen molar-refractivity contribution in [2.75, 3.05) is 26.2 Å². The molecule has 3 rings (SSSR count). The molecule has 2 amide bonds. The average Bonchev–Trinajstić information content (AvgIpc) is 3.06. The van der Waals surface area contributed by atoms with Crippen molar-refractivity contribution in [3.8, 4) is 5.75 Å². The van der Waals surface area contributed by atoms with Gasteiger partial charge in [0.25, 0.3) is 0 Å². The van der Waals surface area contributed by atoms with Gasteiger partial charge in [0.2, 0.25) is 5.91 Å². The summed E-state index contributed by atoms with van der Waals surface area (Å²) in [4.78, 5) is 27.6. The number of piperazine rings is 1. The maximum absolute atomic E-state index is 12.2. The molecule has 0 unspecified atom stereocenters. The molecule has 1 aromatic carbocycles. The minimum absolute atomic E-state index is 0.108. The highest BCUT2D eigenvalue weighted by Gasteiger charge is 2.24. The van der Waals surface area contributed by atoms with Crippen molar-refractivity contribution >= 4 is 34.0 Å². The van der Waals surface area contributed by atoms with Crippen LogP contribution in [0.5, 0.6) is 5.75 Å². The van der Waals surface area contributed by atoms with Crippen LogP contribution in [0.2, 0.25) is 0 Å². The highest BCUT2D eigenvalue weighted by Crippen LogP contribution is 2.15. The van der Waals surface area contributed by atoms with Crippen LogP contribution in [-0.2, 0) is 4.79 Å². The van der Waals surface area contributed by atoms with E-state index in [1.54, 1.807) is 40.1 Å². The molecular formula is C18H17BrN2O4. The monoisotopic (exact) mass is 404 g/mol. The first-order chi connectivity index (χ1) is 12.1. The van der Waals surface area contributed by atoms with Crippen LogP contribution < -0.4 is 4.74 Å². The second kappa shape index (κ2) is 8.02. The van der Waals surface area contributed by atoms with Gasteiger partial charge >= 0.3 is 6.09 Å². The van der Waals surface area contributed by atoms with Gasteiger partial charge in [0, 0.05) is 32.3 Å². The molecule has 130 valence electrons. The first-order valence-electron chi connectivity index (χ1n) is 7.86. The number of ether oxygens (including phenoxy) is 1. The Labute approximate surface area is 153 Å². The van der Waals surface area contributed by atoms with Gasteiger partial charge in [-0.1, -0.05) is 18.2 Å². The molecule has 1 aromatic heterocycles. The first kappa shape index (κ1) is 17.3. The normalized spacial score (nSPS) is 14.8. The summed E-state index contributed by atoms with van der Waals surface area (Å²) in [6.07, 6.45) is 2.71. The number of carbonyl (C=O) groups is 2. The minimum Gasteiger partial charge on any atom is -0.450 e. The molecule has 0 radical (unpaired) electrons. The van der Waals surface area contributed by atoms with Crippen LogP contribution in [0.3, 0.4) is 0 Å². The standard InChI is InChI=1S/C18H17BrN2O4/c19-16-8-6-15(24-16)7-9-17(22)20-10-12-21(13-11-20)18(23)25-14-4-2-1-3-5-14/h1-9H,10-13H2/b9-7+. The Kier molecular flexibility index (Phi) is 5.55. The molecule has 0 atom stereocenters. The van der Waals surface area contributed by atoms with E-state index >= 15 is 0 Å². The number of carbonyl (C=O) groups excluding carboxylic acids is 2. The lowest BCUT2D eigenvalue weighted by Gasteiger charge is -2.33. The van der Waals surface area contributed by atoms with E-state index in [1.165, 1.54) is 6.08 Å². The van der Waals surface area contributed by atoms with Gasteiger partial charge in [0.05, 0.1) is 0 Å². The van der Waals surface area contributed by atoms with Gasteiger partial charge in [0.1, 0.15) is 11.5 Å². The molecule has 2 aromatic rings. The van der Waals surface area contributed by atoms with Gasteiger partial charge in [0.15, 0.2) is 4.67 Å². The van der Waals surface area contributed by atoms with Crippen molar-refractivity contribution in [1.82, 2.24) is 9.80 Å². The van der Waals surface area contributed by atoms with Gasteiger partial charge in [-0.2, -0.15) is 0 Å². The van der Waals surface area contributed by atoms with Crippen LogP contribution in [0.4, 0.5) is 4.79 Å². The van der Waals surface area contributed by atoms with E-state index in [1.807, 2.05) is 18.2 Å². The smallest absolute Gasteiger partial charge is 0.415 e. The molecule has 0 bridgehead atoms. The second-order valence-electron chi connectivity index (χ2n) is 5.47. The number of hydrogen-bond donors (Lipinski definition) is 0. The molecule has 0 spiro atoms. The summed E-state index contributed by atoms with van der Waals surface area (Å²) in [6, 6.07) is 12.5. The van der Waals surface area contributed by atoms with Crippen LogP contribution in [0.25, 0.3) is 6.08 Å². The van der Waals surface area contributed by atoms with Gasteiger partial charge in [-0.25, -0.2) is 4.79 Å². The zero-order chi connectivity index (χ0) is 17.6. The fraction of sp³-hybridized carbons (Fsp3) is 0.222. The number of benzene rings is 1. The molecule has 1 fully saturated rings. The van der Waals surface area contributed by atoms with E-state index in [4.69, 9.17) is 9.15 Å². The topological polar surface area (TPSA) is 63.0 Å². The lowest BCUT2D eigenvalue weighted by atomic mass is 10.3. The molecular weight excluding hydrogens is 388 g/mol. The predicted molar refractivity (Wildman–Crippen MR) is 96.1 cm³/mol. The number of hydrogen-bond acceptors (Lipinski definition) is 4. The van der Waals surface area contributed by atoms with Crippen LogP contribution in [0.1, 0.15) is 5.76 Å². The molecule has 7 heteroatoms. The van der Waals surface area contributed by atoms with Crippen molar-refractivity contribution in [2.45, 2.75) is 0 Å². The molecule has 0 N–H and O–H groups in total. The minimum atomic E-state index is -0.394. The number of amides is 2. The number of rotatable bonds is 3. The summed E-state index contributed by atoms with van der Waals surface area (Å²) >= 11 is 3.21. The summed E-state index contributed by atoms with van der Waals surface area (Å²) in [7, 11) is 0. The molecule has 6 nitrogen and oxygen atoms in total. The largest absolute Gasteiger partial charge is 0.450 e. The first-order valence-corrected chi connectivity index (χ1v) is 8.65. The van der Waals surface area contributed by atoms with E-state index in [9.17, 15) is 9.59 Å². The quantitative estimate of drug-likeness (QED) is 0.735. The number of nitrogens with zero attached hydrogens (tertiary/aromatic N) is 2. The second-order valence-corrected chi connectivity index (χ2v) is 6.25. The molecule has 1 saturated heterocycles. The summed E-state index contributed by atoms with van der Waals surface area (Å²) in [6.45, 7) is 1.82. The van der Waals surface area contributed by atoms with Crippen molar-refractivity contribution < 1.29 is 18.7 Å². The van der Waals surface area contributed by atoms with Crippen molar-refractivity contribution in [3.63, 3.8) is 0 Å². The third-order valence-electron chi connectivity index (χ3n) is 3.78. The van der Waals surface area contributed by atoms with Gasteiger partial charge in [-0.15, -0.1) is 0 Å². The van der Waals surface area contributed by atoms with Crippen LogP contribution in [-0.4, -0.2) is 48.0 Å². The van der Waals surface area contributed by atoms with Crippen molar-refractivity contribution in [2.24, 2.45) is 0 Å².